The number of para-hydroxylation sites is 1. The first-order chi connectivity index (χ1) is 10.5. The molecule has 0 radical (unpaired) electrons. The fraction of sp³-hybridized carbons (Fsp3) is 0.278. The van der Waals surface area contributed by atoms with E-state index in [1.165, 1.54) is 11.1 Å². The summed E-state index contributed by atoms with van der Waals surface area (Å²) in [5.41, 5.74) is 3.53. The van der Waals surface area contributed by atoms with Gasteiger partial charge in [-0.15, -0.1) is 0 Å². The first-order valence-electron chi connectivity index (χ1n) is 7.21. The molecular weight excluding hydrogens is 298 g/mol. The Balaban J connectivity index is 1.91. The van der Waals surface area contributed by atoms with Crippen molar-refractivity contribution in [1.82, 2.24) is 5.32 Å². The zero-order valence-electron chi connectivity index (χ0n) is 13.0. The van der Waals surface area contributed by atoms with Crippen LogP contribution in [0.1, 0.15) is 29.7 Å². The molecule has 0 fully saturated rings. The summed E-state index contributed by atoms with van der Waals surface area (Å²) in [7, 11) is 0. The van der Waals surface area contributed by atoms with Crippen LogP contribution in [0.2, 0.25) is 5.02 Å². The van der Waals surface area contributed by atoms with Crippen molar-refractivity contribution in [2.24, 2.45) is 0 Å². The maximum Gasteiger partial charge on any atom is 0.258 e. The number of carbonyl (C=O) groups is 1. The molecule has 0 saturated heterocycles. The Morgan fingerprint density at radius 3 is 2.59 bits per heavy atom. The lowest BCUT2D eigenvalue weighted by Crippen LogP contribution is -2.31. The van der Waals surface area contributed by atoms with Crippen LogP contribution in [0.3, 0.4) is 0 Å². The van der Waals surface area contributed by atoms with Gasteiger partial charge < -0.3 is 10.1 Å². The number of ether oxygens (including phenoxy) is 1. The molecule has 2 aromatic rings. The van der Waals surface area contributed by atoms with Crippen LogP contribution in [0.25, 0.3) is 0 Å². The molecule has 0 saturated carbocycles. The van der Waals surface area contributed by atoms with E-state index in [0.29, 0.717) is 10.8 Å². The fourth-order valence-corrected chi connectivity index (χ4v) is 2.30. The van der Waals surface area contributed by atoms with Gasteiger partial charge in [0.05, 0.1) is 11.1 Å². The fourth-order valence-electron chi connectivity index (χ4n) is 2.11. The summed E-state index contributed by atoms with van der Waals surface area (Å²) in [5, 5.41) is 3.42. The number of hydrogen-bond acceptors (Lipinski definition) is 2. The molecule has 2 aromatic carbocycles. The minimum absolute atomic E-state index is 0.0566. The topological polar surface area (TPSA) is 38.3 Å². The number of halogens is 1. The van der Waals surface area contributed by atoms with Gasteiger partial charge in [0, 0.05) is 0 Å². The predicted molar refractivity (Wildman–Crippen MR) is 89.4 cm³/mol. The van der Waals surface area contributed by atoms with Gasteiger partial charge in [-0.1, -0.05) is 41.9 Å². The Hall–Kier alpha value is -2.00. The van der Waals surface area contributed by atoms with Crippen molar-refractivity contribution in [2.75, 3.05) is 6.61 Å². The number of rotatable bonds is 5. The highest BCUT2D eigenvalue weighted by Crippen LogP contribution is 2.23. The number of amides is 1. The maximum absolute atomic E-state index is 12.0. The molecule has 0 bridgehead atoms. The van der Waals surface area contributed by atoms with E-state index in [9.17, 15) is 4.79 Å². The Kier molecular flexibility index (Phi) is 5.45. The van der Waals surface area contributed by atoms with E-state index < -0.39 is 0 Å². The minimum atomic E-state index is -0.175. The third-order valence-corrected chi connectivity index (χ3v) is 3.92. The second kappa shape index (κ2) is 7.32. The molecule has 2 rings (SSSR count). The van der Waals surface area contributed by atoms with Gasteiger partial charge in [-0.25, -0.2) is 0 Å². The van der Waals surface area contributed by atoms with E-state index >= 15 is 0 Å². The zero-order chi connectivity index (χ0) is 16.1. The van der Waals surface area contributed by atoms with Gasteiger partial charge in [0.2, 0.25) is 0 Å². The van der Waals surface area contributed by atoms with Crippen LogP contribution in [0.5, 0.6) is 5.75 Å². The van der Waals surface area contributed by atoms with Crippen LogP contribution < -0.4 is 10.1 Å². The third kappa shape index (κ3) is 4.25. The molecule has 0 spiro atoms. The molecule has 0 aliphatic rings. The molecule has 0 aromatic heterocycles. The van der Waals surface area contributed by atoms with Gasteiger partial charge in [0.25, 0.3) is 5.91 Å². The molecular formula is C18H20ClNO2. The van der Waals surface area contributed by atoms with Crippen molar-refractivity contribution in [2.45, 2.75) is 26.8 Å². The van der Waals surface area contributed by atoms with Crippen LogP contribution in [-0.4, -0.2) is 12.5 Å². The Bertz CT molecular complexity index is 670. The van der Waals surface area contributed by atoms with Crippen molar-refractivity contribution < 1.29 is 9.53 Å². The molecule has 1 N–H and O–H groups in total. The van der Waals surface area contributed by atoms with Crippen LogP contribution in [0, 0.1) is 13.8 Å². The molecule has 0 heterocycles. The van der Waals surface area contributed by atoms with E-state index in [4.69, 9.17) is 16.3 Å². The second-order valence-corrected chi connectivity index (χ2v) is 5.76. The van der Waals surface area contributed by atoms with E-state index in [1.54, 1.807) is 12.1 Å². The lowest BCUT2D eigenvalue weighted by Gasteiger charge is -2.16. The number of nitrogens with one attached hydrogen (secondary N) is 1. The van der Waals surface area contributed by atoms with Gasteiger partial charge >= 0.3 is 0 Å². The molecule has 22 heavy (non-hydrogen) atoms. The molecule has 3 nitrogen and oxygen atoms in total. The normalized spacial score (nSPS) is 11.8. The van der Waals surface area contributed by atoms with E-state index in [0.717, 1.165) is 5.56 Å². The number of carbonyl (C=O) groups excluding carboxylic acids is 1. The van der Waals surface area contributed by atoms with Crippen molar-refractivity contribution in [3.05, 3.63) is 64.2 Å². The van der Waals surface area contributed by atoms with Crippen LogP contribution in [0.4, 0.5) is 0 Å². The highest BCUT2D eigenvalue weighted by molar-refractivity contribution is 6.32. The highest BCUT2D eigenvalue weighted by atomic mass is 35.5. The smallest absolute Gasteiger partial charge is 0.258 e. The van der Waals surface area contributed by atoms with Crippen molar-refractivity contribution in [3.63, 3.8) is 0 Å². The van der Waals surface area contributed by atoms with Gasteiger partial charge in [-0.2, -0.15) is 0 Å². The molecule has 116 valence electrons. The number of aryl methyl sites for hydroxylation is 2. The molecule has 1 atom stereocenters. The van der Waals surface area contributed by atoms with E-state index in [1.807, 2.05) is 25.1 Å². The molecule has 0 aliphatic heterocycles. The monoisotopic (exact) mass is 317 g/mol. The standard InChI is InChI=1S/C18H20ClNO2/c1-12-8-9-15(10-13(12)2)14(3)20-18(21)11-22-17-7-5-4-6-16(17)19/h4-10,14H,11H2,1-3H3,(H,20,21)/t14-/m0/s1. The summed E-state index contributed by atoms with van der Waals surface area (Å²) < 4.78 is 5.43. The van der Waals surface area contributed by atoms with Gasteiger partial charge in [-0.05, 0) is 49.6 Å². The van der Waals surface area contributed by atoms with Gasteiger partial charge in [-0.3, -0.25) is 4.79 Å². The largest absolute Gasteiger partial charge is 0.482 e. The predicted octanol–water partition coefficient (Wildman–Crippen LogP) is 4.21. The third-order valence-electron chi connectivity index (χ3n) is 3.60. The molecule has 4 heteroatoms. The Labute approximate surface area is 136 Å². The molecule has 0 unspecified atom stereocenters. The summed E-state index contributed by atoms with van der Waals surface area (Å²) in [4.78, 5) is 12.0. The lowest BCUT2D eigenvalue weighted by atomic mass is 10.0. The number of hydrogen-bond donors (Lipinski definition) is 1. The zero-order valence-corrected chi connectivity index (χ0v) is 13.8. The molecule has 1 amide bonds. The maximum atomic E-state index is 12.0. The summed E-state index contributed by atoms with van der Waals surface area (Å²) in [5.74, 6) is 0.337. The number of benzene rings is 2. The van der Waals surface area contributed by atoms with Crippen LogP contribution in [0.15, 0.2) is 42.5 Å². The second-order valence-electron chi connectivity index (χ2n) is 5.35. The van der Waals surface area contributed by atoms with Crippen molar-refractivity contribution in [3.8, 4) is 5.75 Å². The van der Waals surface area contributed by atoms with Crippen LogP contribution in [-0.2, 0) is 4.79 Å². The van der Waals surface area contributed by atoms with Gasteiger partial charge in [0.15, 0.2) is 6.61 Å². The van der Waals surface area contributed by atoms with Crippen LogP contribution >= 0.6 is 11.6 Å². The lowest BCUT2D eigenvalue weighted by molar-refractivity contribution is -0.123. The Morgan fingerprint density at radius 1 is 1.18 bits per heavy atom. The van der Waals surface area contributed by atoms with E-state index in [-0.39, 0.29) is 18.6 Å². The summed E-state index contributed by atoms with van der Waals surface area (Å²) >= 11 is 5.98. The first-order valence-corrected chi connectivity index (χ1v) is 7.59. The highest BCUT2D eigenvalue weighted by Gasteiger charge is 2.11. The summed E-state index contributed by atoms with van der Waals surface area (Å²) in [6.45, 7) is 6.03. The summed E-state index contributed by atoms with van der Waals surface area (Å²) in [6, 6.07) is 13.2. The minimum Gasteiger partial charge on any atom is -0.482 e. The molecule has 0 aliphatic carbocycles. The Morgan fingerprint density at radius 2 is 1.91 bits per heavy atom. The van der Waals surface area contributed by atoms with Gasteiger partial charge in [0.1, 0.15) is 5.75 Å². The average Bonchev–Trinajstić information content (AvgIpc) is 2.49. The van der Waals surface area contributed by atoms with E-state index in [2.05, 4.69) is 31.3 Å². The van der Waals surface area contributed by atoms with Crippen molar-refractivity contribution in [1.29, 1.82) is 0 Å². The quantitative estimate of drug-likeness (QED) is 0.897. The SMILES string of the molecule is Cc1ccc([C@H](C)NC(=O)COc2ccccc2Cl)cc1C. The van der Waals surface area contributed by atoms with Crippen molar-refractivity contribution >= 4 is 17.5 Å². The first kappa shape index (κ1) is 16.4. The summed E-state index contributed by atoms with van der Waals surface area (Å²) in [6.07, 6.45) is 0. The average molecular weight is 318 g/mol.